The zero-order valence-electron chi connectivity index (χ0n) is 13.3. The number of hydrogen-bond acceptors (Lipinski definition) is 4. The second-order valence-corrected chi connectivity index (χ2v) is 7.79. The Hall–Kier alpha value is -1.46. The lowest BCUT2D eigenvalue weighted by Crippen LogP contribution is -2.30. The minimum absolute atomic E-state index is 0.0540. The normalized spacial score (nSPS) is 10.9. The van der Waals surface area contributed by atoms with Gasteiger partial charge in [0.2, 0.25) is 0 Å². The average Bonchev–Trinajstić information content (AvgIpc) is 3.07. The Morgan fingerprint density at radius 2 is 2.27 bits per heavy atom. The number of thiophene rings is 1. The maximum Gasteiger partial charge on any atom is 0.266 e. The number of carbonyl (C=O) groups excluding carboxylic acids is 1. The van der Waals surface area contributed by atoms with E-state index in [1.165, 1.54) is 16.2 Å². The highest BCUT2D eigenvalue weighted by Gasteiger charge is 2.21. The number of thiazole rings is 1. The number of hydrogen-bond donors (Lipinski definition) is 0. The SMILES string of the molecule is C=CCN(Cc1cccs1)C(=O)c1sc(CC(C)C)nc1C. The quantitative estimate of drug-likeness (QED) is 0.697. The summed E-state index contributed by atoms with van der Waals surface area (Å²) in [7, 11) is 0. The fourth-order valence-electron chi connectivity index (χ4n) is 2.20. The summed E-state index contributed by atoms with van der Waals surface area (Å²) in [5.74, 6) is 0.599. The van der Waals surface area contributed by atoms with Crippen LogP contribution in [-0.2, 0) is 13.0 Å². The Labute approximate surface area is 140 Å². The van der Waals surface area contributed by atoms with Crippen molar-refractivity contribution in [3.05, 3.63) is 50.6 Å². The van der Waals surface area contributed by atoms with E-state index in [1.807, 2.05) is 23.3 Å². The Kier molecular flexibility index (Phi) is 5.91. The number of carbonyl (C=O) groups is 1. The third kappa shape index (κ3) is 4.27. The Bertz CT molecular complexity index is 629. The average molecular weight is 335 g/mol. The molecule has 2 aromatic rings. The molecule has 0 spiro atoms. The molecule has 0 aromatic carbocycles. The molecule has 0 N–H and O–H groups in total. The van der Waals surface area contributed by atoms with Crippen LogP contribution in [0.4, 0.5) is 0 Å². The van der Waals surface area contributed by atoms with Crippen molar-refractivity contribution in [1.82, 2.24) is 9.88 Å². The molecule has 0 aliphatic carbocycles. The second kappa shape index (κ2) is 7.70. The van der Waals surface area contributed by atoms with Crippen LogP contribution >= 0.6 is 22.7 Å². The predicted octanol–water partition coefficient (Wildman–Crippen LogP) is 4.54. The molecule has 0 fully saturated rings. The van der Waals surface area contributed by atoms with E-state index in [0.29, 0.717) is 19.0 Å². The van der Waals surface area contributed by atoms with Crippen LogP contribution < -0.4 is 0 Å². The molecule has 3 nitrogen and oxygen atoms in total. The van der Waals surface area contributed by atoms with Crippen LogP contribution in [0.1, 0.15) is 39.1 Å². The van der Waals surface area contributed by atoms with Crippen molar-refractivity contribution in [3.8, 4) is 0 Å². The molecule has 0 saturated heterocycles. The third-order valence-electron chi connectivity index (χ3n) is 3.18. The molecule has 2 aromatic heterocycles. The summed E-state index contributed by atoms with van der Waals surface area (Å²) in [6, 6.07) is 4.06. The van der Waals surface area contributed by atoms with Gasteiger partial charge < -0.3 is 4.90 Å². The van der Waals surface area contributed by atoms with Crippen molar-refractivity contribution in [2.45, 2.75) is 33.7 Å². The molecule has 5 heteroatoms. The lowest BCUT2D eigenvalue weighted by atomic mass is 10.1. The van der Waals surface area contributed by atoms with E-state index < -0.39 is 0 Å². The van der Waals surface area contributed by atoms with Crippen LogP contribution in [0.2, 0.25) is 0 Å². The van der Waals surface area contributed by atoms with Crippen molar-refractivity contribution >= 4 is 28.6 Å². The lowest BCUT2D eigenvalue weighted by molar-refractivity contribution is 0.0768. The summed E-state index contributed by atoms with van der Waals surface area (Å²) in [5.41, 5.74) is 0.839. The van der Waals surface area contributed by atoms with E-state index in [1.54, 1.807) is 17.4 Å². The largest absolute Gasteiger partial charge is 0.329 e. The smallest absolute Gasteiger partial charge is 0.266 e. The van der Waals surface area contributed by atoms with E-state index in [2.05, 4.69) is 31.5 Å². The first-order valence-electron chi connectivity index (χ1n) is 7.40. The van der Waals surface area contributed by atoms with Crippen LogP contribution in [0.3, 0.4) is 0 Å². The summed E-state index contributed by atoms with van der Waals surface area (Å²) in [5, 5.41) is 3.08. The van der Waals surface area contributed by atoms with Gasteiger partial charge in [0.25, 0.3) is 5.91 Å². The van der Waals surface area contributed by atoms with Crippen molar-refractivity contribution < 1.29 is 4.79 Å². The van der Waals surface area contributed by atoms with E-state index in [4.69, 9.17) is 0 Å². The van der Waals surface area contributed by atoms with Gasteiger partial charge in [-0.2, -0.15) is 0 Å². The Balaban J connectivity index is 2.19. The molecule has 1 amide bonds. The Morgan fingerprint density at radius 1 is 1.50 bits per heavy atom. The molecule has 0 atom stereocenters. The van der Waals surface area contributed by atoms with Crippen molar-refractivity contribution in [3.63, 3.8) is 0 Å². The van der Waals surface area contributed by atoms with Crippen molar-refractivity contribution in [2.75, 3.05) is 6.54 Å². The highest BCUT2D eigenvalue weighted by Crippen LogP contribution is 2.23. The fourth-order valence-corrected chi connectivity index (χ4v) is 4.16. The summed E-state index contributed by atoms with van der Waals surface area (Å²) in [6.07, 6.45) is 2.70. The van der Waals surface area contributed by atoms with E-state index in [-0.39, 0.29) is 5.91 Å². The van der Waals surface area contributed by atoms with E-state index >= 15 is 0 Å². The molecule has 0 aliphatic heterocycles. The van der Waals surface area contributed by atoms with Gasteiger partial charge in [-0.3, -0.25) is 4.79 Å². The molecule has 0 saturated carbocycles. The number of nitrogens with zero attached hydrogens (tertiary/aromatic N) is 2. The molecular weight excluding hydrogens is 312 g/mol. The molecule has 0 unspecified atom stereocenters. The van der Waals surface area contributed by atoms with Gasteiger partial charge in [-0.15, -0.1) is 29.3 Å². The fraction of sp³-hybridized carbons (Fsp3) is 0.412. The summed E-state index contributed by atoms with van der Waals surface area (Å²) in [6.45, 7) is 11.2. The van der Waals surface area contributed by atoms with Gasteiger partial charge in [-0.05, 0) is 24.3 Å². The van der Waals surface area contributed by atoms with Gasteiger partial charge in [0, 0.05) is 17.8 Å². The standard InChI is InChI=1S/C17H22N2OS2/c1-5-8-19(11-14-7-6-9-21-14)17(20)16-13(4)18-15(22-16)10-12(2)3/h5-7,9,12H,1,8,10-11H2,2-4H3. The number of aryl methyl sites for hydroxylation is 1. The molecule has 118 valence electrons. The van der Waals surface area contributed by atoms with Gasteiger partial charge in [-0.25, -0.2) is 4.98 Å². The minimum atomic E-state index is 0.0540. The molecule has 2 heterocycles. The summed E-state index contributed by atoms with van der Waals surface area (Å²) >= 11 is 3.20. The molecule has 0 radical (unpaired) electrons. The first kappa shape index (κ1) is 16.9. The first-order valence-corrected chi connectivity index (χ1v) is 9.09. The number of aromatic nitrogens is 1. The maximum absolute atomic E-state index is 12.8. The van der Waals surface area contributed by atoms with Crippen LogP contribution in [0.15, 0.2) is 30.2 Å². The summed E-state index contributed by atoms with van der Waals surface area (Å²) in [4.78, 5) is 21.2. The first-order chi connectivity index (χ1) is 10.5. The zero-order chi connectivity index (χ0) is 16.1. The number of amides is 1. The monoisotopic (exact) mass is 334 g/mol. The molecule has 0 bridgehead atoms. The van der Waals surface area contributed by atoms with Crippen molar-refractivity contribution in [2.24, 2.45) is 5.92 Å². The van der Waals surface area contributed by atoms with Gasteiger partial charge in [-0.1, -0.05) is 26.0 Å². The van der Waals surface area contributed by atoms with Crippen LogP contribution in [-0.4, -0.2) is 22.3 Å². The van der Waals surface area contributed by atoms with E-state index in [0.717, 1.165) is 22.0 Å². The highest BCUT2D eigenvalue weighted by molar-refractivity contribution is 7.13. The van der Waals surface area contributed by atoms with Gasteiger partial charge in [0.15, 0.2) is 0 Å². The lowest BCUT2D eigenvalue weighted by Gasteiger charge is -2.19. The zero-order valence-corrected chi connectivity index (χ0v) is 15.0. The molecule has 0 aliphatic rings. The predicted molar refractivity (Wildman–Crippen MR) is 94.6 cm³/mol. The highest BCUT2D eigenvalue weighted by atomic mass is 32.1. The van der Waals surface area contributed by atoms with Crippen LogP contribution in [0.25, 0.3) is 0 Å². The third-order valence-corrected chi connectivity index (χ3v) is 5.21. The molecular formula is C17H22N2OS2. The van der Waals surface area contributed by atoms with E-state index in [9.17, 15) is 4.79 Å². The summed E-state index contributed by atoms with van der Waals surface area (Å²) < 4.78 is 0. The molecule has 22 heavy (non-hydrogen) atoms. The Morgan fingerprint density at radius 3 is 2.86 bits per heavy atom. The topological polar surface area (TPSA) is 33.2 Å². The van der Waals surface area contributed by atoms with Crippen LogP contribution in [0, 0.1) is 12.8 Å². The second-order valence-electron chi connectivity index (χ2n) is 5.67. The van der Waals surface area contributed by atoms with Gasteiger partial charge >= 0.3 is 0 Å². The van der Waals surface area contributed by atoms with Crippen molar-refractivity contribution in [1.29, 1.82) is 0 Å². The molecule has 2 rings (SSSR count). The number of rotatable bonds is 7. The maximum atomic E-state index is 12.8. The minimum Gasteiger partial charge on any atom is -0.329 e. The van der Waals surface area contributed by atoms with Gasteiger partial charge in [0.05, 0.1) is 17.2 Å². The van der Waals surface area contributed by atoms with Gasteiger partial charge in [0.1, 0.15) is 4.88 Å². The van der Waals surface area contributed by atoms with Crippen LogP contribution in [0.5, 0.6) is 0 Å².